The summed E-state index contributed by atoms with van der Waals surface area (Å²) < 4.78 is 0. The highest BCUT2D eigenvalue weighted by molar-refractivity contribution is 5.55. The topological polar surface area (TPSA) is 64.9 Å². The highest BCUT2D eigenvalue weighted by atomic mass is 14.6. The van der Waals surface area contributed by atoms with Crippen molar-refractivity contribution in [1.29, 1.82) is 0 Å². The van der Waals surface area contributed by atoms with Crippen LogP contribution in [0.2, 0.25) is 0 Å². The Kier molecular flexibility index (Phi) is 3.05. The molecule has 0 fully saturated rings. The molecule has 16 heavy (non-hydrogen) atoms. The van der Waals surface area contributed by atoms with Gasteiger partial charge >= 0.3 is 0 Å². The summed E-state index contributed by atoms with van der Waals surface area (Å²) in [6, 6.07) is 9.62. The van der Waals surface area contributed by atoms with E-state index in [1.165, 1.54) is 5.56 Å². The molecule has 0 aliphatic heterocycles. The second-order valence-corrected chi connectivity index (χ2v) is 3.82. The van der Waals surface area contributed by atoms with Gasteiger partial charge in [0.05, 0.1) is 0 Å². The van der Waals surface area contributed by atoms with E-state index in [2.05, 4.69) is 11.1 Å². The first-order valence-electron chi connectivity index (χ1n) is 5.28. The van der Waals surface area contributed by atoms with Gasteiger partial charge in [0.1, 0.15) is 0 Å². The van der Waals surface area contributed by atoms with Crippen LogP contribution in [0, 0.1) is 0 Å². The molecular weight excluding hydrogens is 198 g/mol. The average molecular weight is 213 g/mol. The lowest BCUT2D eigenvalue weighted by Gasteiger charge is -2.06. The SMILES string of the molecule is Nc1ccc(N)c(CCc2cccnc2)c1. The molecule has 0 atom stereocenters. The summed E-state index contributed by atoms with van der Waals surface area (Å²) in [5.41, 5.74) is 15.5. The summed E-state index contributed by atoms with van der Waals surface area (Å²) in [7, 11) is 0. The standard InChI is InChI=1S/C13H15N3/c14-12-5-6-13(15)11(8-12)4-3-10-2-1-7-16-9-10/h1-2,5-9H,3-4,14-15H2. The van der Waals surface area contributed by atoms with E-state index in [4.69, 9.17) is 11.5 Å². The number of hydrogen-bond donors (Lipinski definition) is 2. The Morgan fingerprint density at radius 1 is 1.06 bits per heavy atom. The second kappa shape index (κ2) is 4.66. The van der Waals surface area contributed by atoms with Crippen LogP contribution in [0.3, 0.4) is 0 Å². The smallest absolute Gasteiger partial charge is 0.0348 e. The van der Waals surface area contributed by atoms with Gasteiger partial charge in [0.15, 0.2) is 0 Å². The van der Waals surface area contributed by atoms with Crippen LogP contribution < -0.4 is 11.5 Å². The number of nitrogens with two attached hydrogens (primary N) is 2. The van der Waals surface area contributed by atoms with Crippen LogP contribution >= 0.6 is 0 Å². The summed E-state index contributed by atoms with van der Waals surface area (Å²) in [5, 5.41) is 0. The number of hydrogen-bond acceptors (Lipinski definition) is 3. The van der Waals surface area contributed by atoms with Crippen LogP contribution in [-0.2, 0) is 12.8 Å². The van der Waals surface area contributed by atoms with E-state index in [1.807, 2.05) is 30.5 Å². The minimum atomic E-state index is 0.760. The number of nitrogen functional groups attached to an aromatic ring is 2. The monoisotopic (exact) mass is 213 g/mol. The third-order valence-electron chi connectivity index (χ3n) is 2.57. The Labute approximate surface area is 95.1 Å². The molecule has 0 aliphatic carbocycles. The third-order valence-corrected chi connectivity index (χ3v) is 2.57. The van der Waals surface area contributed by atoms with Gasteiger partial charge in [-0.1, -0.05) is 6.07 Å². The summed E-state index contributed by atoms with van der Waals surface area (Å²) in [6.45, 7) is 0. The fourth-order valence-electron chi connectivity index (χ4n) is 1.67. The molecule has 0 saturated heterocycles. The minimum Gasteiger partial charge on any atom is -0.399 e. The first kappa shape index (κ1) is 10.5. The molecule has 0 radical (unpaired) electrons. The van der Waals surface area contributed by atoms with E-state index >= 15 is 0 Å². The van der Waals surface area contributed by atoms with Gasteiger partial charge in [0, 0.05) is 23.8 Å². The highest BCUT2D eigenvalue weighted by Gasteiger charge is 2.00. The van der Waals surface area contributed by atoms with Gasteiger partial charge in [-0.15, -0.1) is 0 Å². The van der Waals surface area contributed by atoms with Gasteiger partial charge in [0.25, 0.3) is 0 Å². The molecule has 0 bridgehead atoms. The van der Waals surface area contributed by atoms with Crippen molar-refractivity contribution < 1.29 is 0 Å². The molecular formula is C13H15N3. The molecule has 0 aliphatic rings. The van der Waals surface area contributed by atoms with Crippen LogP contribution in [0.15, 0.2) is 42.7 Å². The van der Waals surface area contributed by atoms with E-state index < -0.39 is 0 Å². The molecule has 1 aromatic carbocycles. The zero-order chi connectivity index (χ0) is 11.4. The lowest BCUT2D eigenvalue weighted by molar-refractivity contribution is 0.953. The summed E-state index contributed by atoms with van der Waals surface area (Å²) in [4.78, 5) is 4.08. The minimum absolute atomic E-state index is 0.760. The largest absolute Gasteiger partial charge is 0.399 e. The number of aryl methyl sites for hydroxylation is 2. The van der Waals surface area contributed by atoms with Gasteiger partial charge in [-0.25, -0.2) is 0 Å². The zero-order valence-electron chi connectivity index (χ0n) is 9.06. The average Bonchev–Trinajstić information content (AvgIpc) is 2.32. The predicted molar refractivity (Wildman–Crippen MR) is 66.9 cm³/mol. The molecule has 4 N–H and O–H groups in total. The molecule has 3 nitrogen and oxygen atoms in total. The number of pyridine rings is 1. The molecule has 1 aromatic heterocycles. The van der Waals surface area contributed by atoms with Crippen molar-refractivity contribution >= 4 is 11.4 Å². The number of nitrogens with zero attached hydrogens (tertiary/aromatic N) is 1. The molecule has 1 heterocycles. The van der Waals surface area contributed by atoms with E-state index in [0.29, 0.717) is 0 Å². The van der Waals surface area contributed by atoms with Crippen LogP contribution in [0.1, 0.15) is 11.1 Å². The third kappa shape index (κ3) is 2.51. The van der Waals surface area contributed by atoms with Gasteiger partial charge in [-0.05, 0) is 48.2 Å². The Bertz CT molecular complexity index is 466. The maximum absolute atomic E-state index is 5.88. The van der Waals surface area contributed by atoms with E-state index in [1.54, 1.807) is 6.20 Å². The summed E-state index contributed by atoms with van der Waals surface area (Å²) >= 11 is 0. The van der Waals surface area contributed by atoms with Crippen molar-refractivity contribution in [3.8, 4) is 0 Å². The second-order valence-electron chi connectivity index (χ2n) is 3.82. The zero-order valence-corrected chi connectivity index (χ0v) is 9.06. The number of rotatable bonds is 3. The van der Waals surface area contributed by atoms with Gasteiger partial charge < -0.3 is 11.5 Å². The van der Waals surface area contributed by atoms with Crippen molar-refractivity contribution in [3.63, 3.8) is 0 Å². The van der Waals surface area contributed by atoms with E-state index in [9.17, 15) is 0 Å². The number of aromatic nitrogens is 1. The van der Waals surface area contributed by atoms with Gasteiger partial charge in [0.2, 0.25) is 0 Å². The molecule has 0 unspecified atom stereocenters. The molecule has 0 spiro atoms. The lowest BCUT2D eigenvalue weighted by Crippen LogP contribution is -1.99. The maximum Gasteiger partial charge on any atom is 0.0348 e. The van der Waals surface area contributed by atoms with Crippen LogP contribution in [-0.4, -0.2) is 4.98 Å². The lowest BCUT2D eigenvalue weighted by atomic mass is 10.0. The fourth-order valence-corrected chi connectivity index (χ4v) is 1.67. The summed E-state index contributed by atoms with van der Waals surface area (Å²) in [6.07, 6.45) is 5.48. The fraction of sp³-hybridized carbons (Fsp3) is 0.154. The Hall–Kier alpha value is -2.03. The van der Waals surface area contributed by atoms with Gasteiger partial charge in [-0.3, -0.25) is 4.98 Å². The van der Waals surface area contributed by atoms with Crippen molar-refractivity contribution in [2.75, 3.05) is 11.5 Å². The van der Waals surface area contributed by atoms with Crippen LogP contribution in [0.4, 0.5) is 11.4 Å². The Morgan fingerprint density at radius 3 is 2.69 bits per heavy atom. The highest BCUT2D eigenvalue weighted by Crippen LogP contribution is 2.17. The van der Waals surface area contributed by atoms with Crippen LogP contribution in [0.25, 0.3) is 0 Å². The van der Waals surface area contributed by atoms with E-state index in [0.717, 1.165) is 29.8 Å². The normalized spacial score (nSPS) is 10.2. The van der Waals surface area contributed by atoms with Gasteiger partial charge in [-0.2, -0.15) is 0 Å². The Morgan fingerprint density at radius 2 is 1.94 bits per heavy atom. The quantitative estimate of drug-likeness (QED) is 0.767. The number of benzene rings is 1. The van der Waals surface area contributed by atoms with E-state index in [-0.39, 0.29) is 0 Å². The Balaban J connectivity index is 2.08. The van der Waals surface area contributed by atoms with Crippen LogP contribution in [0.5, 0.6) is 0 Å². The molecule has 3 heteroatoms. The predicted octanol–water partition coefficient (Wildman–Crippen LogP) is 2.03. The number of anilines is 2. The molecule has 2 rings (SSSR count). The molecule has 82 valence electrons. The van der Waals surface area contributed by atoms with Crippen molar-refractivity contribution in [2.45, 2.75) is 12.8 Å². The first-order chi connectivity index (χ1) is 7.75. The molecule has 2 aromatic rings. The van der Waals surface area contributed by atoms with Crippen molar-refractivity contribution in [1.82, 2.24) is 4.98 Å². The molecule has 0 amide bonds. The molecule has 0 saturated carbocycles. The van der Waals surface area contributed by atoms with Crippen molar-refractivity contribution in [3.05, 3.63) is 53.9 Å². The maximum atomic E-state index is 5.88. The first-order valence-corrected chi connectivity index (χ1v) is 5.28. The summed E-state index contributed by atoms with van der Waals surface area (Å²) in [5.74, 6) is 0. The van der Waals surface area contributed by atoms with Crippen molar-refractivity contribution in [2.24, 2.45) is 0 Å².